The van der Waals surface area contributed by atoms with E-state index in [-0.39, 0.29) is 5.75 Å². The standard InChI is InChI=1S/C20H23N5O2S/c1-3-27-17-10-6-15(7-11-17)22-12-19-23-24-20(28-13-18(21)26)25(19)16-8-4-14(2)5-9-16/h4-11,22H,3,12-13H2,1-2H3,(H2,21,26). The molecule has 0 fully saturated rings. The van der Waals surface area contributed by atoms with Gasteiger partial charge in [0.2, 0.25) is 5.91 Å². The van der Waals surface area contributed by atoms with Crippen LogP contribution in [0.25, 0.3) is 5.69 Å². The van der Waals surface area contributed by atoms with Crippen molar-refractivity contribution in [3.05, 3.63) is 59.9 Å². The van der Waals surface area contributed by atoms with Gasteiger partial charge in [-0.15, -0.1) is 10.2 Å². The highest BCUT2D eigenvalue weighted by Crippen LogP contribution is 2.23. The zero-order chi connectivity index (χ0) is 19.9. The minimum absolute atomic E-state index is 0.149. The van der Waals surface area contributed by atoms with Crippen LogP contribution in [0.15, 0.2) is 53.7 Å². The summed E-state index contributed by atoms with van der Waals surface area (Å²) in [5.41, 5.74) is 8.34. The predicted molar refractivity (Wildman–Crippen MR) is 111 cm³/mol. The Hall–Kier alpha value is -3.00. The van der Waals surface area contributed by atoms with Crippen LogP contribution in [0.5, 0.6) is 5.75 Å². The van der Waals surface area contributed by atoms with Crippen LogP contribution in [0.3, 0.4) is 0 Å². The summed E-state index contributed by atoms with van der Waals surface area (Å²) in [7, 11) is 0. The van der Waals surface area contributed by atoms with E-state index in [0.29, 0.717) is 18.3 Å². The number of benzene rings is 2. The van der Waals surface area contributed by atoms with Crippen molar-refractivity contribution in [1.82, 2.24) is 14.8 Å². The molecular formula is C20H23N5O2S. The number of nitrogens with two attached hydrogens (primary N) is 1. The number of aryl methyl sites for hydroxylation is 1. The lowest BCUT2D eigenvalue weighted by atomic mass is 10.2. The van der Waals surface area contributed by atoms with Crippen molar-refractivity contribution in [2.24, 2.45) is 5.73 Å². The fourth-order valence-corrected chi connectivity index (χ4v) is 3.32. The summed E-state index contributed by atoms with van der Waals surface area (Å²) in [6.45, 7) is 5.11. The monoisotopic (exact) mass is 397 g/mol. The van der Waals surface area contributed by atoms with E-state index in [1.165, 1.54) is 11.8 Å². The molecule has 1 aromatic heterocycles. The number of amides is 1. The van der Waals surface area contributed by atoms with Crippen LogP contribution in [0.2, 0.25) is 0 Å². The second-order valence-electron chi connectivity index (χ2n) is 6.14. The van der Waals surface area contributed by atoms with E-state index in [2.05, 4.69) is 15.5 Å². The smallest absolute Gasteiger partial charge is 0.227 e. The van der Waals surface area contributed by atoms with Crippen LogP contribution in [0.4, 0.5) is 5.69 Å². The molecule has 0 saturated carbocycles. The minimum atomic E-state index is -0.391. The molecule has 3 rings (SSSR count). The zero-order valence-electron chi connectivity index (χ0n) is 15.9. The second kappa shape index (κ2) is 9.27. The highest BCUT2D eigenvalue weighted by molar-refractivity contribution is 7.99. The minimum Gasteiger partial charge on any atom is -0.494 e. The zero-order valence-corrected chi connectivity index (χ0v) is 16.7. The SMILES string of the molecule is CCOc1ccc(NCc2nnc(SCC(N)=O)n2-c2ccc(C)cc2)cc1. The number of nitrogens with one attached hydrogen (secondary N) is 1. The van der Waals surface area contributed by atoms with E-state index in [1.807, 2.05) is 66.9 Å². The summed E-state index contributed by atoms with van der Waals surface area (Å²) in [4.78, 5) is 11.2. The van der Waals surface area contributed by atoms with E-state index >= 15 is 0 Å². The maximum atomic E-state index is 11.2. The molecule has 7 nitrogen and oxygen atoms in total. The Morgan fingerprint density at radius 2 is 1.86 bits per heavy atom. The van der Waals surface area contributed by atoms with Gasteiger partial charge in [-0.05, 0) is 50.2 Å². The van der Waals surface area contributed by atoms with Crippen LogP contribution in [0, 0.1) is 6.92 Å². The van der Waals surface area contributed by atoms with E-state index in [1.54, 1.807) is 0 Å². The molecule has 8 heteroatoms. The summed E-state index contributed by atoms with van der Waals surface area (Å²) in [6, 6.07) is 15.8. The third kappa shape index (κ3) is 5.04. The molecule has 0 saturated heterocycles. The molecule has 3 N–H and O–H groups in total. The van der Waals surface area contributed by atoms with Gasteiger partial charge in [-0.2, -0.15) is 0 Å². The number of thioether (sulfide) groups is 1. The summed E-state index contributed by atoms with van der Waals surface area (Å²) in [5, 5.41) is 12.5. The van der Waals surface area contributed by atoms with Crippen LogP contribution >= 0.6 is 11.8 Å². The molecule has 1 heterocycles. The molecule has 146 valence electrons. The predicted octanol–water partition coefficient (Wildman–Crippen LogP) is 3.16. The molecular weight excluding hydrogens is 374 g/mol. The van der Waals surface area contributed by atoms with Crippen molar-refractivity contribution in [2.45, 2.75) is 25.5 Å². The van der Waals surface area contributed by atoms with Crippen molar-refractivity contribution in [2.75, 3.05) is 17.7 Å². The van der Waals surface area contributed by atoms with E-state index in [9.17, 15) is 4.79 Å². The molecule has 0 spiro atoms. The summed E-state index contributed by atoms with van der Waals surface area (Å²) in [6.07, 6.45) is 0. The highest BCUT2D eigenvalue weighted by Gasteiger charge is 2.15. The molecule has 1 amide bonds. The van der Waals surface area contributed by atoms with Gasteiger partial charge in [0.15, 0.2) is 11.0 Å². The average Bonchev–Trinajstić information content (AvgIpc) is 3.09. The third-order valence-corrected chi connectivity index (χ3v) is 4.90. The largest absolute Gasteiger partial charge is 0.494 e. The van der Waals surface area contributed by atoms with Gasteiger partial charge >= 0.3 is 0 Å². The first-order chi connectivity index (χ1) is 13.6. The Morgan fingerprint density at radius 1 is 1.14 bits per heavy atom. The number of ether oxygens (including phenoxy) is 1. The first-order valence-electron chi connectivity index (χ1n) is 8.96. The highest BCUT2D eigenvalue weighted by atomic mass is 32.2. The van der Waals surface area contributed by atoms with Crippen LogP contribution < -0.4 is 15.8 Å². The number of hydrogen-bond donors (Lipinski definition) is 2. The van der Waals surface area contributed by atoms with Gasteiger partial charge in [-0.25, -0.2) is 0 Å². The molecule has 0 aliphatic rings. The van der Waals surface area contributed by atoms with Crippen molar-refractivity contribution >= 4 is 23.4 Å². The fraction of sp³-hybridized carbons (Fsp3) is 0.250. The number of rotatable bonds is 9. The number of primary amides is 1. The Morgan fingerprint density at radius 3 is 2.50 bits per heavy atom. The topological polar surface area (TPSA) is 95.1 Å². The maximum absolute atomic E-state index is 11.2. The first-order valence-corrected chi connectivity index (χ1v) is 9.94. The summed E-state index contributed by atoms with van der Waals surface area (Å²) < 4.78 is 7.40. The van der Waals surface area contributed by atoms with Gasteiger partial charge in [-0.3, -0.25) is 9.36 Å². The Balaban J connectivity index is 1.81. The molecule has 0 unspecified atom stereocenters. The normalized spacial score (nSPS) is 10.6. The quantitative estimate of drug-likeness (QED) is 0.539. The van der Waals surface area contributed by atoms with E-state index in [0.717, 1.165) is 28.5 Å². The van der Waals surface area contributed by atoms with Crippen molar-refractivity contribution < 1.29 is 9.53 Å². The number of nitrogens with zero attached hydrogens (tertiary/aromatic N) is 3. The molecule has 28 heavy (non-hydrogen) atoms. The third-order valence-electron chi connectivity index (χ3n) is 3.95. The molecule has 3 aromatic rings. The maximum Gasteiger partial charge on any atom is 0.227 e. The summed E-state index contributed by atoms with van der Waals surface area (Å²) in [5.74, 6) is 1.33. The molecule has 2 aromatic carbocycles. The lowest BCUT2D eigenvalue weighted by molar-refractivity contribution is -0.115. The number of anilines is 1. The van der Waals surface area contributed by atoms with Gasteiger partial charge in [-0.1, -0.05) is 29.5 Å². The van der Waals surface area contributed by atoms with E-state index < -0.39 is 5.91 Å². The van der Waals surface area contributed by atoms with Gasteiger partial charge < -0.3 is 15.8 Å². The number of carbonyl (C=O) groups is 1. The van der Waals surface area contributed by atoms with Gasteiger partial charge in [0.05, 0.1) is 18.9 Å². The van der Waals surface area contributed by atoms with Gasteiger partial charge in [0.25, 0.3) is 0 Å². The molecule has 0 aliphatic carbocycles. The Kier molecular flexibility index (Phi) is 6.54. The number of carbonyl (C=O) groups excluding carboxylic acids is 1. The second-order valence-corrected chi connectivity index (χ2v) is 7.08. The fourth-order valence-electron chi connectivity index (χ4n) is 2.61. The lowest BCUT2D eigenvalue weighted by Crippen LogP contribution is -2.14. The molecule has 0 radical (unpaired) electrons. The first kappa shape index (κ1) is 19.8. The van der Waals surface area contributed by atoms with Crippen LogP contribution in [-0.4, -0.2) is 33.0 Å². The average molecular weight is 398 g/mol. The van der Waals surface area contributed by atoms with Gasteiger partial charge in [0, 0.05) is 11.4 Å². The van der Waals surface area contributed by atoms with Crippen molar-refractivity contribution in [1.29, 1.82) is 0 Å². The Bertz CT molecular complexity index is 923. The van der Waals surface area contributed by atoms with Gasteiger partial charge in [0.1, 0.15) is 5.75 Å². The lowest BCUT2D eigenvalue weighted by Gasteiger charge is -2.12. The summed E-state index contributed by atoms with van der Waals surface area (Å²) >= 11 is 1.27. The molecule has 0 bridgehead atoms. The molecule has 0 aliphatic heterocycles. The van der Waals surface area contributed by atoms with Crippen LogP contribution in [-0.2, 0) is 11.3 Å². The van der Waals surface area contributed by atoms with Crippen LogP contribution in [0.1, 0.15) is 18.3 Å². The molecule has 0 atom stereocenters. The Labute approximate surface area is 168 Å². The van der Waals surface area contributed by atoms with Crippen molar-refractivity contribution in [3.8, 4) is 11.4 Å². The number of aromatic nitrogens is 3. The van der Waals surface area contributed by atoms with E-state index in [4.69, 9.17) is 10.5 Å². The number of hydrogen-bond acceptors (Lipinski definition) is 6. The van der Waals surface area contributed by atoms with Crippen molar-refractivity contribution in [3.63, 3.8) is 0 Å².